The minimum Gasteiger partial charge on any atom is -0.352 e. The summed E-state index contributed by atoms with van der Waals surface area (Å²) in [4.78, 5) is 29.6. The van der Waals surface area contributed by atoms with Crippen molar-refractivity contribution in [2.24, 2.45) is 0 Å². The van der Waals surface area contributed by atoms with Gasteiger partial charge in [-0.1, -0.05) is 101 Å². The number of carbonyl (C=O) groups is 2. The van der Waals surface area contributed by atoms with E-state index in [2.05, 4.69) is 5.32 Å². The molecule has 0 aromatic heterocycles. The number of hydrogen-bond acceptors (Lipinski definition) is 4. The number of nitrogens with zero attached hydrogens (tertiary/aromatic N) is 2. The van der Waals surface area contributed by atoms with Crippen LogP contribution in [0.3, 0.4) is 0 Å². The number of sulfonamides is 1. The van der Waals surface area contributed by atoms with Gasteiger partial charge in [-0.05, 0) is 67.4 Å². The Morgan fingerprint density at radius 2 is 1.38 bits per heavy atom. The fourth-order valence-electron chi connectivity index (χ4n) is 4.68. The van der Waals surface area contributed by atoms with E-state index >= 15 is 0 Å². The SMILES string of the molecule is CC(C)NC(=O)[C@@H](Cc1ccccc1)N(Cc1ccc(Cl)c(Cl)c1)C(=O)CN(c1cc(Cl)ccc1Cl)S(=O)(=O)c1ccccc1. The third kappa shape index (κ3) is 8.93. The van der Waals surface area contributed by atoms with E-state index in [4.69, 9.17) is 46.4 Å². The van der Waals surface area contributed by atoms with Crippen molar-refractivity contribution in [2.45, 2.75) is 43.8 Å². The monoisotopic (exact) mass is 705 g/mol. The normalized spacial score (nSPS) is 12.1. The van der Waals surface area contributed by atoms with Crippen molar-refractivity contribution in [3.8, 4) is 0 Å². The lowest BCUT2D eigenvalue weighted by molar-refractivity contribution is -0.140. The lowest BCUT2D eigenvalue weighted by atomic mass is 10.0. The Labute approximate surface area is 283 Å². The Morgan fingerprint density at radius 1 is 0.756 bits per heavy atom. The summed E-state index contributed by atoms with van der Waals surface area (Å²) in [5, 5.41) is 3.80. The number of hydrogen-bond donors (Lipinski definition) is 1. The molecule has 1 N–H and O–H groups in total. The van der Waals surface area contributed by atoms with E-state index in [1.54, 1.807) is 36.4 Å². The van der Waals surface area contributed by atoms with Crippen LogP contribution < -0.4 is 9.62 Å². The van der Waals surface area contributed by atoms with E-state index in [1.165, 1.54) is 35.2 Å². The van der Waals surface area contributed by atoms with E-state index in [0.29, 0.717) is 10.6 Å². The minimum absolute atomic E-state index is 0.0158. The standard InChI is InChI=1S/C33H31Cl4N3O4S/c1-22(2)38-33(42)31(18-23-9-5-3-6-10-23)39(20-24-13-15-27(35)29(37)17-24)32(41)21-40(30-19-25(34)14-16-28(30)36)45(43,44)26-11-7-4-8-12-26/h3-17,19,22,31H,18,20-21H2,1-2H3,(H,38,42)/t31-/m1/s1. The molecule has 0 aliphatic rings. The molecular weight excluding hydrogens is 676 g/mol. The van der Waals surface area contributed by atoms with Crippen LogP contribution in [0.4, 0.5) is 5.69 Å². The Kier molecular flexibility index (Phi) is 11.8. The minimum atomic E-state index is -4.33. The fraction of sp³-hybridized carbons (Fsp3) is 0.212. The van der Waals surface area contributed by atoms with E-state index in [-0.39, 0.29) is 44.7 Å². The third-order valence-corrected chi connectivity index (χ3v) is 9.89. The van der Waals surface area contributed by atoms with Crippen LogP contribution >= 0.6 is 46.4 Å². The van der Waals surface area contributed by atoms with Crippen LogP contribution in [0.25, 0.3) is 0 Å². The molecule has 0 spiro atoms. The van der Waals surface area contributed by atoms with Gasteiger partial charge in [-0.2, -0.15) is 0 Å². The summed E-state index contributed by atoms with van der Waals surface area (Å²) in [6, 6.07) is 24.9. The average molecular weight is 708 g/mol. The predicted molar refractivity (Wildman–Crippen MR) is 182 cm³/mol. The molecule has 45 heavy (non-hydrogen) atoms. The van der Waals surface area contributed by atoms with Crippen LogP contribution in [0.1, 0.15) is 25.0 Å². The zero-order valence-electron chi connectivity index (χ0n) is 24.5. The van der Waals surface area contributed by atoms with E-state index in [0.717, 1.165) is 9.87 Å². The molecule has 0 saturated carbocycles. The molecule has 0 aliphatic heterocycles. The molecule has 0 bridgehead atoms. The number of carbonyl (C=O) groups excluding carboxylic acids is 2. The van der Waals surface area contributed by atoms with Gasteiger partial charge < -0.3 is 10.2 Å². The highest BCUT2D eigenvalue weighted by atomic mass is 35.5. The van der Waals surface area contributed by atoms with Crippen LogP contribution in [0.15, 0.2) is 102 Å². The van der Waals surface area contributed by atoms with Gasteiger partial charge in [0.25, 0.3) is 10.0 Å². The largest absolute Gasteiger partial charge is 0.352 e. The Morgan fingerprint density at radius 3 is 2.00 bits per heavy atom. The van der Waals surface area contributed by atoms with Gasteiger partial charge in [0.2, 0.25) is 11.8 Å². The molecule has 2 amide bonds. The second-order valence-corrected chi connectivity index (χ2v) is 14.1. The summed E-state index contributed by atoms with van der Waals surface area (Å²) in [6.07, 6.45) is 0.163. The number of rotatable bonds is 12. The molecule has 12 heteroatoms. The van der Waals surface area contributed by atoms with Crippen LogP contribution in [0.5, 0.6) is 0 Å². The van der Waals surface area contributed by atoms with Crippen LogP contribution in [0, 0.1) is 0 Å². The van der Waals surface area contributed by atoms with Crippen molar-refractivity contribution < 1.29 is 18.0 Å². The molecule has 0 fully saturated rings. The number of nitrogens with one attached hydrogen (secondary N) is 1. The van der Waals surface area contributed by atoms with Crippen molar-refractivity contribution >= 4 is 73.9 Å². The zero-order valence-corrected chi connectivity index (χ0v) is 28.3. The predicted octanol–water partition coefficient (Wildman–Crippen LogP) is 7.66. The van der Waals surface area contributed by atoms with Crippen molar-refractivity contribution in [3.63, 3.8) is 0 Å². The lowest BCUT2D eigenvalue weighted by Crippen LogP contribution is -2.54. The molecule has 0 heterocycles. The summed E-state index contributed by atoms with van der Waals surface area (Å²) in [6.45, 7) is 2.88. The molecule has 0 unspecified atom stereocenters. The van der Waals surface area contributed by atoms with Crippen molar-refractivity contribution in [2.75, 3.05) is 10.8 Å². The number of benzene rings is 4. The maximum Gasteiger partial charge on any atom is 0.264 e. The maximum absolute atomic E-state index is 14.5. The van der Waals surface area contributed by atoms with Gasteiger partial charge in [0.1, 0.15) is 12.6 Å². The maximum atomic E-state index is 14.5. The van der Waals surface area contributed by atoms with E-state index in [9.17, 15) is 18.0 Å². The second kappa shape index (κ2) is 15.3. The number of halogens is 4. The topological polar surface area (TPSA) is 86.8 Å². The zero-order chi connectivity index (χ0) is 32.7. The van der Waals surface area contributed by atoms with Crippen LogP contribution in [0.2, 0.25) is 20.1 Å². The van der Waals surface area contributed by atoms with Crippen molar-refractivity contribution in [1.29, 1.82) is 0 Å². The van der Waals surface area contributed by atoms with Gasteiger partial charge in [0.05, 0.1) is 25.7 Å². The Bertz CT molecular complexity index is 1760. The second-order valence-electron chi connectivity index (χ2n) is 10.6. The smallest absolute Gasteiger partial charge is 0.264 e. The molecule has 1 atom stereocenters. The van der Waals surface area contributed by atoms with Crippen LogP contribution in [-0.4, -0.2) is 43.8 Å². The number of anilines is 1. The summed E-state index contributed by atoms with van der Waals surface area (Å²) in [5.41, 5.74) is 1.41. The van der Waals surface area contributed by atoms with Gasteiger partial charge in [-0.15, -0.1) is 0 Å². The summed E-state index contributed by atoms with van der Waals surface area (Å²) >= 11 is 25.2. The molecular formula is C33H31Cl4N3O4S. The third-order valence-electron chi connectivity index (χ3n) is 6.83. The summed E-state index contributed by atoms with van der Waals surface area (Å²) in [7, 11) is -4.33. The highest BCUT2D eigenvalue weighted by molar-refractivity contribution is 7.92. The first-order valence-electron chi connectivity index (χ1n) is 14.0. The Balaban J connectivity index is 1.84. The van der Waals surface area contributed by atoms with Crippen molar-refractivity contribution in [1.82, 2.24) is 10.2 Å². The van der Waals surface area contributed by atoms with Crippen molar-refractivity contribution in [3.05, 3.63) is 128 Å². The highest BCUT2D eigenvalue weighted by Crippen LogP contribution is 2.33. The molecule has 4 aromatic carbocycles. The molecule has 0 radical (unpaired) electrons. The van der Waals surface area contributed by atoms with Gasteiger partial charge in [-0.25, -0.2) is 8.42 Å². The molecule has 4 rings (SSSR count). The lowest BCUT2D eigenvalue weighted by Gasteiger charge is -2.34. The van der Waals surface area contributed by atoms with Gasteiger partial charge >= 0.3 is 0 Å². The summed E-state index contributed by atoms with van der Waals surface area (Å²) < 4.78 is 29.1. The van der Waals surface area contributed by atoms with Gasteiger partial charge in [0.15, 0.2) is 0 Å². The van der Waals surface area contributed by atoms with Crippen LogP contribution in [-0.2, 0) is 32.6 Å². The van der Waals surface area contributed by atoms with E-state index < -0.39 is 34.4 Å². The Hall–Kier alpha value is -3.27. The first kappa shape index (κ1) is 34.6. The molecule has 0 saturated heterocycles. The number of amides is 2. The molecule has 236 valence electrons. The first-order valence-corrected chi connectivity index (χ1v) is 16.9. The van der Waals surface area contributed by atoms with Gasteiger partial charge in [-0.3, -0.25) is 13.9 Å². The first-order chi connectivity index (χ1) is 21.4. The van der Waals surface area contributed by atoms with Gasteiger partial charge in [0, 0.05) is 24.0 Å². The molecule has 4 aromatic rings. The molecule has 0 aliphatic carbocycles. The average Bonchev–Trinajstić information content (AvgIpc) is 3.01. The highest BCUT2D eigenvalue weighted by Gasteiger charge is 2.35. The molecule has 7 nitrogen and oxygen atoms in total. The van der Waals surface area contributed by atoms with E-state index in [1.807, 2.05) is 44.2 Å². The fourth-order valence-corrected chi connectivity index (χ4v) is 6.88. The quantitative estimate of drug-likeness (QED) is 0.164. The summed E-state index contributed by atoms with van der Waals surface area (Å²) in [5.74, 6) is -1.06.